The Labute approximate surface area is 129 Å². The normalized spacial score (nSPS) is 26.9. The zero-order chi connectivity index (χ0) is 15.4. The molecule has 1 aromatic rings. The molecule has 0 radical (unpaired) electrons. The summed E-state index contributed by atoms with van der Waals surface area (Å²) in [5.74, 6) is 1.11. The monoisotopic (exact) mass is 312 g/mol. The van der Waals surface area contributed by atoms with Crippen molar-refractivity contribution < 1.29 is 14.4 Å². The van der Waals surface area contributed by atoms with Crippen LogP contribution in [0.1, 0.15) is 64.1 Å². The van der Waals surface area contributed by atoms with Crippen LogP contribution in [0.2, 0.25) is 0 Å². The summed E-state index contributed by atoms with van der Waals surface area (Å²) in [7, 11) is 0. The summed E-state index contributed by atoms with van der Waals surface area (Å²) in [5, 5.41) is 14.0. The van der Waals surface area contributed by atoms with Crippen molar-refractivity contribution in [3.8, 4) is 0 Å². The van der Waals surface area contributed by atoms with Crippen LogP contribution in [0, 0.1) is 11.8 Å². The maximum atomic E-state index is 11.4. The summed E-state index contributed by atoms with van der Waals surface area (Å²) < 4.78 is 5.35. The molecular formula is C15H24N2O3S. The Morgan fingerprint density at radius 1 is 1.48 bits per heavy atom. The van der Waals surface area contributed by atoms with Crippen LogP contribution in [-0.2, 0) is 10.5 Å². The van der Waals surface area contributed by atoms with Crippen molar-refractivity contribution in [3.63, 3.8) is 0 Å². The summed E-state index contributed by atoms with van der Waals surface area (Å²) in [6.07, 6.45) is 3.67. The van der Waals surface area contributed by atoms with Gasteiger partial charge in [0.15, 0.2) is 5.82 Å². The van der Waals surface area contributed by atoms with Crippen molar-refractivity contribution in [1.29, 1.82) is 0 Å². The van der Waals surface area contributed by atoms with Gasteiger partial charge >= 0.3 is 5.97 Å². The van der Waals surface area contributed by atoms with Crippen LogP contribution in [0.4, 0.5) is 0 Å². The summed E-state index contributed by atoms with van der Waals surface area (Å²) in [4.78, 5) is 15.9. The second-order valence-electron chi connectivity index (χ2n) is 5.88. The van der Waals surface area contributed by atoms with E-state index in [1.807, 2.05) is 0 Å². The highest BCUT2D eigenvalue weighted by atomic mass is 32.2. The number of hydrogen-bond donors (Lipinski definition) is 1. The van der Waals surface area contributed by atoms with E-state index in [0.29, 0.717) is 22.9 Å². The molecule has 0 amide bonds. The Morgan fingerprint density at radius 2 is 2.24 bits per heavy atom. The second-order valence-corrected chi connectivity index (χ2v) is 7.30. The van der Waals surface area contributed by atoms with Gasteiger partial charge < -0.3 is 9.63 Å². The first-order valence-corrected chi connectivity index (χ1v) is 8.76. The smallest absolute Gasteiger partial charge is 0.307 e. The van der Waals surface area contributed by atoms with Gasteiger partial charge in [-0.1, -0.05) is 32.3 Å². The van der Waals surface area contributed by atoms with E-state index >= 15 is 0 Å². The molecule has 118 valence electrons. The predicted octanol–water partition coefficient (Wildman–Crippen LogP) is 3.71. The van der Waals surface area contributed by atoms with E-state index in [1.54, 1.807) is 11.8 Å². The van der Waals surface area contributed by atoms with E-state index in [0.717, 1.165) is 31.4 Å². The molecule has 4 unspecified atom stereocenters. The fourth-order valence-corrected chi connectivity index (χ4v) is 3.62. The number of thioether (sulfide) groups is 1. The van der Waals surface area contributed by atoms with Gasteiger partial charge in [-0.05, 0) is 25.2 Å². The third-order valence-corrected chi connectivity index (χ3v) is 5.75. The van der Waals surface area contributed by atoms with Crippen molar-refractivity contribution in [2.45, 2.75) is 63.4 Å². The Kier molecular flexibility index (Phi) is 5.67. The number of carboxylic acids is 1. The van der Waals surface area contributed by atoms with Crippen LogP contribution >= 0.6 is 11.8 Å². The Bertz CT molecular complexity index is 477. The summed E-state index contributed by atoms with van der Waals surface area (Å²) >= 11 is 1.80. The zero-order valence-corrected chi connectivity index (χ0v) is 13.7. The molecule has 0 aromatic carbocycles. The number of hydrogen-bond acceptors (Lipinski definition) is 5. The van der Waals surface area contributed by atoms with Gasteiger partial charge in [-0.2, -0.15) is 16.7 Å². The van der Waals surface area contributed by atoms with Gasteiger partial charge in [0, 0.05) is 5.25 Å². The van der Waals surface area contributed by atoms with Crippen LogP contribution in [0.25, 0.3) is 0 Å². The van der Waals surface area contributed by atoms with E-state index in [2.05, 4.69) is 30.9 Å². The number of aromatic nitrogens is 2. The molecule has 1 fully saturated rings. The van der Waals surface area contributed by atoms with Gasteiger partial charge in [0.05, 0.1) is 17.6 Å². The maximum absolute atomic E-state index is 11.4. The lowest BCUT2D eigenvalue weighted by atomic mass is 9.96. The minimum atomic E-state index is -0.746. The topological polar surface area (TPSA) is 76.2 Å². The molecule has 2 rings (SSSR count). The molecule has 5 nitrogen and oxygen atoms in total. The molecule has 1 heterocycles. The third-order valence-electron chi connectivity index (χ3n) is 4.43. The number of carboxylic acid groups (broad SMARTS) is 1. The lowest BCUT2D eigenvalue weighted by Crippen LogP contribution is -2.17. The molecule has 1 aliphatic rings. The van der Waals surface area contributed by atoms with Crippen molar-refractivity contribution in [2.24, 2.45) is 11.8 Å². The number of nitrogens with zero attached hydrogens (tertiary/aromatic N) is 2. The molecule has 1 saturated carbocycles. The van der Waals surface area contributed by atoms with Gasteiger partial charge in [0.25, 0.3) is 0 Å². The minimum absolute atomic E-state index is 0.123. The van der Waals surface area contributed by atoms with E-state index in [4.69, 9.17) is 4.52 Å². The average Bonchev–Trinajstić information content (AvgIpc) is 3.10. The summed E-state index contributed by atoms with van der Waals surface area (Å²) in [5.41, 5.74) is 0. The molecule has 0 aliphatic heterocycles. The quantitative estimate of drug-likeness (QED) is 0.827. The second kappa shape index (κ2) is 7.29. The van der Waals surface area contributed by atoms with Gasteiger partial charge in [0.1, 0.15) is 0 Å². The van der Waals surface area contributed by atoms with Crippen LogP contribution in [-0.4, -0.2) is 26.5 Å². The highest BCUT2D eigenvalue weighted by molar-refractivity contribution is 7.99. The van der Waals surface area contributed by atoms with Gasteiger partial charge in [-0.25, -0.2) is 0 Å². The lowest BCUT2D eigenvalue weighted by molar-refractivity contribution is -0.142. The molecule has 1 aromatic heterocycles. The molecule has 21 heavy (non-hydrogen) atoms. The molecule has 0 spiro atoms. The third kappa shape index (κ3) is 3.99. The van der Waals surface area contributed by atoms with E-state index in [-0.39, 0.29) is 11.8 Å². The number of carbonyl (C=O) groups is 1. The average molecular weight is 312 g/mol. The Morgan fingerprint density at radius 3 is 2.86 bits per heavy atom. The largest absolute Gasteiger partial charge is 0.481 e. The molecule has 6 heteroatoms. The minimum Gasteiger partial charge on any atom is -0.481 e. The molecule has 1 N–H and O–H groups in total. The van der Waals surface area contributed by atoms with E-state index in [9.17, 15) is 9.90 Å². The molecular weight excluding hydrogens is 288 g/mol. The molecule has 0 bridgehead atoms. The Balaban J connectivity index is 2.03. The van der Waals surface area contributed by atoms with E-state index < -0.39 is 5.97 Å². The van der Waals surface area contributed by atoms with Gasteiger partial charge in [-0.15, -0.1) is 0 Å². The maximum Gasteiger partial charge on any atom is 0.307 e. The van der Waals surface area contributed by atoms with Gasteiger partial charge in [0.2, 0.25) is 5.89 Å². The van der Waals surface area contributed by atoms with Gasteiger partial charge in [-0.3, -0.25) is 4.79 Å². The number of rotatable bonds is 7. The highest BCUT2D eigenvalue weighted by Gasteiger charge is 2.41. The van der Waals surface area contributed by atoms with Crippen molar-refractivity contribution >= 4 is 17.7 Å². The first-order valence-electron chi connectivity index (χ1n) is 7.71. The van der Waals surface area contributed by atoms with Crippen LogP contribution in [0.3, 0.4) is 0 Å². The summed E-state index contributed by atoms with van der Waals surface area (Å²) in [6.45, 7) is 6.43. The summed E-state index contributed by atoms with van der Waals surface area (Å²) in [6, 6.07) is 0. The zero-order valence-electron chi connectivity index (χ0n) is 12.9. The first-order chi connectivity index (χ1) is 10.0. The molecule has 0 saturated heterocycles. The molecule has 4 atom stereocenters. The van der Waals surface area contributed by atoms with E-state index in [1.165, 1.54) is 0 Å². The standard InChI is InChI=1S/C15H24N2O3S/c1-4-9(3)21-8-13-16-14(20-17-13)11-6-10(5-2)7-12(11)15(18)19/h9-12H,4-8H2,1-3H3,(H,18,19). The fourth-order valence-electron chi connectivity index (χ4n) is 2.83. The highest BCUT2D eigenvalue weighted by Crippen LogP contribution is 2.44. The van der Waals surface area contributed by atoms with Crippen molar-refractivity contribution in [3.05, 3.63) is 11.7 Å². The lowest BCUT2D eigenvalue weighted by Gasteiger charge is -2.10. The fraction of sp³-hybridized carbons (Fsp3) is 0.800. The molecule has 1 aliphatic carbocycles. The van der Waals surface area contributed by atoms with Crippen LogP contribution in [0.5, 0.6) is 0 Å². The Hall–Kier alpha value is -1.04. The van der Waals surface area contributed by atoms with Crippen molar-refractivity contribution in [1.82, 2.24) is 10.1 Å². The van der Waals surface area contributed by atoms with Crippen LogP contribution < -0.4 is 0 Å². The van der Waals surface area contributed by atoms with Crippen LogP contribution in [0.15, 0.2) is 4.52 Å². The van der Waals surface area contributed by atoms with Crippen molar-refractivity contribution in [2.75, 3.05) is 0 Å². The number of aliphatic carboxylic acids is 1. The SMILES string of the molecule is CCC1CC(C(=O)O)C(c2nc(CSC(C)CC)no2)C1. The first kappa shape index (κ1) is 16.3. The predicted molar refractivity (Wildman–Crippen MR) is 82.2 cm³/mol.